The van der Waals surface area contributed by atoms with Crippen molar-refractivity contribution < 1.29 is 27.9 Å². The minimum Gasteiger partial charge on any atom is -0.495 e. The molecule has 3 amide bonds. The molecule has 1 aliphatic heterocycles. The van der Waals surface area contributed by atoms with Crippen LogP contribution in [0.5, 0.6) is 5.75 Å². The Labute approximate surface area is 228 Å². The number of nitrogens with one attached hydrogen (secondary N) is 1. The van der Waals surface area contributed by atoms with E-state index >= 15 is 0 Å². The van der Waals surface area contributed by atoms with Crippen LogP contribution in [0, 0.1) is 5.82 Å². The summed E-state index contributed by atoms with van der Waals surface area (Å²) in [6.45, 7) is 4.60. The summed E-state index contributed by atoms with van der Waals surface area (Å²) < 4.78 is 29.8. The molecule has 0 spiro atoms. The lowest BCUT2D eigenvalue weighted by Crippen LogP contribution is -2.45. The summed E-state index contributed by atoms with van der Waals surface area (Å²) >= 11 is 0. The van der Waals surface area contributed by atoms with E-state index in [2.05, 4.69) is 10.2 Å². The minimum atomic E-state index is -0.394. The SMILES string of the molecule is COc1ccccc1NC(=O)N(CCCN1CCOCC1)CC(=O)N(Cc1ccc(F)cc1)Cc1ccco1. The largest absolute Gasteiger partial charge is 0.495 e. The number of rotatable bonds is 12. The van der Waals surface area contributed by atoms with E-state index in [1.165, 1.54) is 24.1 Å². The van der Waals surface area contributed by atoms with Crippen molar-refractivity contribution in [2.24, 2.45) is 0 Å². The number of carbonyl (C=O) groups excluding carboxylic acids is 2. The predicted molar refractivity (Wildman–Crippen MR) is 145 cm³/mol. The van der Waals surface area contributed by atoms with Gasteiger partial charge in [0.25, 0.3) is 0 Å². The average molecular weight is 539 g/mol. The van der Waals surface area contributed by atoms with Crippen LogP contribution in [0.15, 0.2) is 71.3 Å². The van der Waals surface area contributed by atoms with Crippen LogP contribution in [0.2, 0.25) is 0 Å². The molecule has 39 heavy (non-hydrogen) atoms. The van der Waals surface area contributed by atoms with Crippen LogP contribution in [-0.4, -0.2) is 79.7 Å². The zero-order valence-electron chi connectivity index (χ0n) is 22.2. The fourth-order valence-electron chi connectivity index (χ4n) is 4.40. The number of para-hydroxylation sites is 2. The fourth-order valence-corrected chi connectivity index (χ4v) is 4.40. The molecule has 1 aromatic heterocycles. The van der Waals surface area contributed by atoms with Crippen LogP contribution in [0.25, 0.3) is 0 Å². The highest BCUT2D eigenvalue weighted by Crippen LogP contribution is 2.23. The van der Waals surface area contributed by atoms with Gasteiger partial charge in [0.05, 0.1) is 38.8 Å². The van der Waals surface area contributed by atoms with E-state index in [0.29, 0.717) is 43.4 Å². The third-order valence-corrected chi connectivity index (χ3v) is 6.53. The molecule has 4 rings (SSSR count). The topological polar surface area (TPSA) is 87.5 Å². The first-order valence-electron chi connectivity index (χ1n) is 13.1. The number of urea groups is 1. The maximum atomic E-state index is 13.6. The van der Waals surface area contributed by atoms with Gasteiger partial charge in [-0.25, -0.2) is 9.18 Å². The monoisotopic (exact) mass is 538 g/mol. The Morgan fingerprint density at radius 3 is 2.49 bits per heavy atom. The number of benzene rings is 2. The van der Waals surface area contributed by atoms with Gasteiger partial charge >= 0.3 is 6.03 Å². The molecule has 1 fully saturated rings. The number of furan rings is 1. The Hall–Kier alpha value is -3.89. The number of morpholine rings is 1. The highest BCUT2D eigenvalue weighted by molar-refractivity contribution is 5.93. The molecule has 9 nitrogen and oxygen atoms in total. The second-order valence-electron chi connectivity index (χ2n) is 9.32. The number of halogens is 1. The third kappa shape index (κ3) is 8.56. The first-order valence-corrected chi connectivity index (χ1v) is 13.1. The van der Waals surface area contributed by atoms with Gasteiger partial charge in [0.15, 0.2) is 0 Å². The zero-order chi connectivity index (χ0) is 27.5. The molecule has 2 heterocycles. The number of hydrogen-bond acceptors (Lipinski definition) is 6. The van der Waals surface area contributed by atoms with Gasteiger partial charge in [-0.05, 0) is 48.4 Å². The van der Waals surface area contributed by atoms with Gasteiger partial charge in [-0.15, -0.1) is 0 Å². The summed E-state index contributed by atoms with van der Waals surface area (Å²) in [5, 5.41) is 2.89. The highest BCUT2D eigenvalue weighted by atomic mass is 19.1. The van der Waals surface area contributed by atoms with Gasteiger partial charge in [0.1, 0.15) is 23.9 Å². The van der Waals surface area contributed by atoms with Crippen LogP contribution in [0.1, 0.15) is 17.7 Å². The molecule has 1 saturated heterocycles. The van der Waals surface area contributed by atoms with E-state index in [1.807, 2.05) is 6.07 Å². The first kappa shape index (κ1) is 28.1. The van der Waals surface area contributed by atoms with Crippen LogP contribution >= 0.6 is 0 Å². The maximum absolute atomic E-state index is 13.6. The second-order valence-corrected chi connectivity index (χ2v) is 9.32. The normalized spacial score (nSPS) is 13.6. The van der Waals surface area contributed by atoms with Crippen molar-refractivity contribution in [3.8, 4) is 5.75 Å². The lowest BCUT2D eigenvalue weighted by molar-refractivity contribution is -0.133. The number of methoxy groups -OCH3 is 1. The van der Waals surface area contributed by atoms with Crippen molar-refractivity contribution in [1.82, 2.24) is 14.7 Å². The van der Waals surface area contributed by atoms with Crippen molar-refractivity contribution in [3.63, 3.8) is 0 Å². The number of amides is 3. The molecule has 208 valence electrons. The molecule has 0 bridgehead atoms. The molecule has 2 aromatic carbocycles. The van der Waals surface area contributed by atoms with Gasteiger partial charge < -0.3 is 29.0 Å². The van der Waals surface area contributed by atoms with E-state index in [0.717, 1.165) is 25.2 Å². The van der Waals surface area contributed by atoms with E-state index < -0.39 is 6.03 Å². The molecule has 0 unspecified atom stereocenters. The van der Waals surface area contributed by atoms with E-state index in [4.69, 9.17) is 13.9 Å². The fraction of sp³-hybridized carbons (Fsp3) is 0.379. The van der Waals surface area contributed by atoms with E-state index in [-0.39, 0.29) is 31.4 Å². The lowest BCUT2D eigenvalue weighted by atomic mass is 10.2. The molecule has 0 radical (unpaired) electrons. The molecule has 3 aromatic rings. The number of hydrogen-bond donors (Lipinski definition) is 1. The molecule has 1 aliphatic rings. The van der Waals surface area contributed by atoms with Gasteiger partial charge in [0, 0.05) is 32.7 Å². The van der Waals surface area contributed by atoms with Crippen molar-refractivity contribution in [2.75, 3.05) is 58.4 Å². The summed E-state index contributed by atoms with van der Waals surface area (Å²) in [7, 11) is 1.54. The molecule has 0 atom stereocenters. The van der Waals surface area contributed by atoms with Gasteiger partial charge in [-0.3, -0.25) is 9.69 Å². The Balaban J connectivity index is 1.48. The molecular formula is C29H35FN4O5. The Kier molecular flexibility index (Phi) is 10.3. The predicted octanol–water partition coefficient (Wildman–Crippen LogP) is 4.21. The average Bonchev–Trinajstić information content (AvgIpc) is 3.47. The lowest BCUT2D eigenvalue weighted by Gasteiger charge is -2.30. The summed E-state index contributed by atoms with van der Waals surface area (Å²) in [6, 6.07) is 16.3. The van der Waals surface area contributed by atoms with Gasteiger partial charge in [0.2, 0.25) is 5.91 Å². The van der Waals surface area contributed by atoms with Crippen LogP contribution in [0.3, 0.4) is 0 Å². The van der Waals surface area contributed by atoms with Gasteiger partial charge in [-0.2, -0.15) is 0 Å². The van der Waals surface area contributed by atoms with E-state index in [9.17, 15) is 14.0 Å². The number of ether oxygens (including phenoxy) is 2. The third-order valence-electron chi connectivity index (χ3n) is 6.53. The Morgan fingerprint density at radius 1 is 1.00 bits per heavy atom. The molecule has 0 saturated carbocycles. The van der Waals surface area contributed by atoms with E-state index in [1.54, 1.807) is 53.6 Å². The summed E-state index contributed by atoms with van der Waals surface area (Å²) in [6.07, 6.45) is 2.25. The standard InChI is InChI=1S/C29H35FN4O5/c1-37-27-8-3-2-7-26(27)31-29(36)33(14-5-13-32-15-18-38-19-16-32)22-28(35)34(21-25-6-4-17-39-25)20-23-9-11-24(30)12-10-23/h2-4,6-12,17H,5,13-16,18-22H2,1H3,(H,31,36). The zero-order valence-corrected chi connectivity index (χ0v) is 22.2. The van der Waals surface area contributed by atoms with Crippen molar-refractivity contribution in [2.45, 2.75) is 19.5 Å². The quantitative estimate of drug-likeness (QED) is 0.372. The maximum Gasteiger partial charge on any atom is 0.322 e. The molecular weight excluding hydrogens is 503 g/mol. The van der Waals surface area contributed by atoms with Crippen LogP contribution < -0.4 is 10.1 Å². The number of anilines is 1. The smallest absolute Gasteiger partial charge is 0.322 e. The Bertz CT molecular complexity index is 1180. The van der Waals surface area contributed by atoms with Crippen LogP contribution in [-0.2, 0) is 22.6 Å². The highest BCUT2D eigenvalue weighted by Gasteiger charge is 2.24. The van der Waals surface area contributed by atoms with Crippen molar-refractivity contribution in [3.05, 3.63) is 84.1 Å². The van der Waals surface area contributed by atoms with Crippen LogP contribution in [0.4, 0.5) is 14.9 Å². The summed E-state index contributed by atoms with van der Waals surface area (Å²) in [5.74, 6) is 0.545. The summed E-state index contributed by atoms with van der Waals surface area (Å²) in [4.78, 5) is 32.5. The first-order chi connectivity index (χ1) is 19.0. The van der Waals surface area contributed by atoms with Crippen molar-refractivity contribution >= 4 is 17.6 Å². The second kappa shape index (κ2) is 14.3. The van der Waals surface area contributed by atoms with Crippen molar-refractivity contribution in [1.29, 1.82) is 0 Å². The number of nitrogens with zero attached hydrogens (tertiary/aromatic N) is 3. The molecule has 10 heteroatoms. The summed E-state index contributed by atoms with van der Waals surface area (Å²) in [5.41, 5.74) is 1.29. The molecule has 0 aliphatic carbocycles. The van der Waals surface area contributed by atoms with Gasteiger partial charge in [-0.1, -0.05) is 24.3 Å². The molecule has 1 N–H and O–H groups in total. The Morgan fingerprint density at radius 2 is 1.77 bits per heavy atom. The number of carbonyl (C=O) groups is 2. The minimum absolute atomic E-state index is 0.133.